The fraction of sp³-hybridized carbons (Fsp3) is 0.304. The van der Waals surface area contributed by atoms with Crippen LogP contribution >= 0.6 is 0 Å². The third-order valence-electron chi connectivity index (χ3n) is 5.35. The van der Waals surface area contributed by atoms with Gasteiger partial charge in [0.2, 0.25) is 10.0 Å². The van der Waals surface area contributed by atoms with E-state index >= 15 is 0 Å². The Kier molecular flexibility index (Phi) is 6.62. The normalized spacial score (nSPS) is 11.7. The van der Waals surface area contributed by atoms with Crippen LogP contribution in [0.15, 0.2) is 53.4 Å². The Labute approximate surface area is 183 Å². The van der Waals surface area contributed by atoms with Crippen molar-refractivity contribution < 1.29 is 13.2 Å². The zero-order chi connectivity index (χ0) is 22.8. The number of hydrogen-bond donors (Lipinski definition) is 1. The first-order valence-electron chi connectivity index (χ1n) is 10.2. The van der Waals surface area contributed by atoms with Crippen LogP contribution in [-0.4, -0.2) is 41.5 Å². The third kappa shape index (κ3) is 4.55. The third-order valence-corrected chi connectivity index (χ3v) is 7.38. The number of para-hydroxylation sites is 1. The molecule has 0 bridgehead atoms. The topological polar surface area (TPSA) is 84.3 Å². The Morgan fingerprint density at radius 2 is 1.68 bits per heavy atom. The smallest absolute Gasteiger partial charge is 0.276 e. The molecule has 0 saturated carbocycles. The van der Waals surface area contributed by atoms with Crippen molar-refractivity contribution in [2.45, 2.75) is 39.5 Å². The molecule has 1 N–H and O–H groups in total. The molecular formula is C23H28N4O3S. The Balaban J connectivity index is 1.94. The van der Waals surface area contributed by atoms with Crippen LogP contribution < -0.4 is 5.32 Å². The molecule has 164 valence electrons. The molecule has 1 heterocycles. The molecule has 1 amide bonds. The van der Waals surface area contributed by atoms with Gasteiger partial charge in [-0.3, -0.25) is 4.79 Å². The van der Waals surface area contributed by atoms with Gasteiger partial charge < -0.3 is 5.32 Å². The molecule has 0 atom stereocenters. The van der Waals surface area contributed by atoms with Crippen LogP contribution in [0.1, 0.15) is 41.2 Å². The van der Waals surface area contributed by atoms with Gasteiger partial charge in [-0.15, -0.1) is 0 Å². The Bertz CT molecular complexity index is 1200. The lowest BCUT2D eigenvalue weighted by molar-refractivity contribution is 0.102. The van der Waals surface area contributed by atoms with E-state index in [1.165, 1.54) is 10.4 Å². The second-order valence-corrected chi connectivity index (χ2v) is 9.31. The molecule has 0 unspecified atom stereocenters. The van der Waals surface area contributed by atoms with E-state index in [-0.39, 0.29) is 10.6 Å². The number of carbonyl (C=O) groups is 1. The Morgan fingerprint density at radius 3 is 2.29 bits per heavy atom. The minimum absolute atomic E-state index is 0.167. The Hall–Kier alpha value is -2.97. The van der Waals surface area contributed by atoms with Crippen molar-refractivity contribution in [2.75, 3.05) is 18.4 Å². The summed E-state index contributed by atoms with van der Waals surface area (Å²) in [6, 6.07) is 14.4. The van der Waals surface area contributed by atoms with Gasteiger partial charge >= 0.3 is 0 Å². The minimum Gasteiger partial charge on any atom is -0.320 e. The first kappa shape index (κ1) is 22.7. The number of aryl methyl sites for hydroxylation is 2. The van der Waals surface area contributed by atoms with Crippen LogP contribution in [0.25, 0.3) is 5.69 Å². The largest absolute Gasteiger partial charge is 0.320 e. The summed E-state index contributed by atoms with van der Waals surface area (Å²) in [5, 5.41) is 7.28. The number of nitrogens with zero attached hydrogens (tertiary/aromatic N) is 3. The molecule has 0 radical (unpaired) electrons. The van der Waals surface area contributed by atoms with E-state index in [0.29, 0.717) is 18.8 Å². The van der Waals surface area contributed by atoms with E-state index in [1.54, 1.807) is 30.7 Å². The van der Waals surface area contributed by atoms with Gasteiger partial charge in [0.25, 0.3) is 5.91 Å². The maximum Gasteiger partial charge on any atom is 0.276 e. The van der Waals surface area contributed by atoms with Gasteiger partial charge in [0, 0.05) is 24.5 Å². The number of nitrogens with one attached hydrogen (secondary N) is 1. The summed E-state index contributed by atoms with van der Waals surface area (Å²) in [6.07, 6.45) is 0. The average molecular weight is 441 g/mol. The molecule has 0 aliphatic carbocycles. The zero-order valence-electron chi connectivity index (χ0n) is 18.5. The molecule has 1 aromatic heterocycles. The van der Waals surface area contributed by atoms with Crippen molar-refractivity contribution in [3.8, 4) is 5.69 Å². The predicted molar refractivity (Wildman–Crippen MR) is 122 cm³/mol. The molecule has 0 aliphatic heterocycles. The standard InChI is InChI=1S/C23H28N4O3S/c1-6-26(7-2)31(29,30)20-13-16(3)18(5)21(15-20)24-23(28)22-14-17(4)27(25-22)19-11-9-8-10-12-19/h8-15H,6-7H2,1-5H3,(H,24,28). The summed E-state index contributed by atoms with van der Waals surface area (Å²) in [6.45, 7) is 9.93. The highest BCUT2D eigenvalue weighted by atomic mass is 32.2. The summed E-state index contributed by atoms with van der Waals surface area (Å²) in [7, 11) is -3.64. The van der Waals surface area contributed by atoms with E-state index in [4.69, 9.17) is 0 Å². The lowest BCUT2D eigenvalue weighted by Gasteiger charge is -2.20. The maximum absolute atomic E-state index is 13.0. The number of sulfonamides is 1. The monoisotopic (exact) mass is 440 g/mol. The molecule has 7 nitrogen and oxygen atoms in total. The number of anilines is 1. The minimum atomic E-state index is -3.64. The fourth-order valence-corrected chi connectivity index (χ4v) is 4.99. The molecule has 0 spiro atoms. The summed E-state index contributed by atoms with van der Waals surface area (Å²) in [5.41, 5.74) is 4.00. The molecular weight excluding hydrogens is 412 g/mol. The van der Waals surface area contributed by atoms with Crippen LogP contribution in [0.2, 0.25) is 0 Å². The van der Waals surface area contributed by atoms with Gasteiger partial charge in [-0.25, -0.2) is 13.1 Å². The number of amides is 1. The van der Waals surface area contributed by atoms with E-state index in [0.717, 1.165) is 22.5 Å². The van der Waals surface area contributed by atoms with Crippen molar-refractivity contribution in [3.05, 3.63) is 71.0 Å². The van der Waals surface area contributed by atoms with E-state index in [2.05, 4.69) is 10.4 Å². The highest BCUT2D eigenvalue weighted by Gasteiger charge is 2.24. The SMILES string of the molecule is CCN(CC)S(=O)(=O)c1cc(C)c(C)c(NC(=O)c2cc(C)n(-c3ccccc3)n2)c1. The van der Waals surface area contributed by atoms with Gasteiger partial charge in [0.1, 0.15) is 0 Å². The van der Waals surface area contributed by atoms with Gasteiger partial charge in [-0.2, -0.15) is 9.40 Å². The van der Waals surface area contributed by atoms with Gasteiger partial charge in [-0.1, -0.05) is 32.0 Å². The summed E-state index contributed by atoms with van der Waals surface area (Å²) in [4.78, 5) is 13.1. The summed E-state index contributed by atoms with van der Waals surface area (Å²) < 4.78 is 29.0. The van der Waals surface area contributed by atoms with E-state index < -0.39 is 15.9 Å². The van der Waals surface area contributed by atoms with Crippen molar-refractivity contribution in [3.63, 3.8) is 0 Å². The number of hydrogen-bond acceptors (Lipinski definition) is 4. The highest BCUT2D eigenvalue weighted by Crippen LogP contribution is 2.27. The molecule has 0 fully saturated rings. The number of carbonyl (C=O) groups excluding carboxylic acids is 1. The molecule has 3 rings (SSSR count). The quantitative estimate of drug-likeness (QED) is 0.600. The summed E-state index contributed by atoms with van der Waals surface area (Å²) >= 11 is 0. The van der Waals surface area contributed by atoms with Gasteiger partial charge in [0.15, 0.2) is 5.69 Å². The van der Waals surface area contributed by atoms with Crippen molar-refractivity contribution in [1.82, 2.24) is 14.1 Å². The van der Waals surface area contributed by atoms with Crippen molar-refractivity contribution in [2.24, 2.45) is 0 Å². The molecule has 0 aliphatic rings. The first-order chi connectivity index (χ1) is 14.7. The maximum atomic E-state index is 13.0. The molecule has 31 heavy (non-hydrogen) atoms. The summed E-state index contributed by atoms with van der Waals surface area (Å²) in [5.74, 6) is -0.391. The van der Waals surface area contributed by atoms with Crippen molar-refractivity contribution in [1.29, 1.82) is 0 Å². The van der Waals surface area contributed by atoms with Crippen molar-refractivity contribution >= 4 is 21.6 Å². The molecule has 3 aromatic rings. The highest BCUT2D eigenvalue weighted by molar-refractivity contribution is 7.89. The second-order valence-electron chi connectivity index (χ2n) is 7.37. The Morgan fingerprint density at radius 1 is 1.03 bits per heavy atom. The van der Waals surface area contributed by atoms with E-state index in [9.17, 15) is 13.2 Å². The number of rotatable bonds is 7. The first-order valence-corrected chi connectivity index (χ1v) is 11.7. The number of benzene rings is 2. The molecule has 2 aromatic carbocycles. The molecule has 8 heteroatoms. The predicted octanol–water partition coefficient (Wildman–Crippen LogP) is 4.08. The fourth-order valence-electron chi connectivity index (χ4n) is 3.42. The van der Waals surface area contributed by atoms with Crippen LogP contribution in [0.4, 0.5) is 5.69 Å². The van der Waals surface area contributed by atoms with E-state index in [1.807, 2.05) is 51.1 Å². The van der Waals surface area contributed by atoms with Gasteiger partial charge in [-0.05, 0) is 62.2 Å². The second kappa shape index (κ2) is 9.03. The lowest BCUT2D eigenvalue weighted by Crippen LogP contribution is -2.30. The number of aromatic nitrogens is 2. The van der Waals surface area contributed by atoms with Crippen LogP contribution in [0.5, 0.6) is 0 Å². The van der Waals surface area contributed by atoms with Crippen LogP contribution in [-0.2, 0) is 10.0 Å². The molecule has 0 saturated heterocycles. The van der Waals surface area contributed by atoms with Crippen LogP contribution in [0.3, 0.4) is 0 Å². The average Bonchev–Trinajstić information content (AvgIpc) is 3.14. The lowest BCUT2D eigenvalue weighted by atomic mass is 10.1. The van der Waals surface area contributed by atoms with Crippen LogP contribution in [0, 0.1) is 20.8 Å². The zero-order valence-corrected chi connectivity index (χ0v) is 19.3. The van der Waals surface area contributed by atoms with Gasteiger partial charge in [0.05, 0.1) is 10.6 Å².